The molecule has 0 aromatic carbocycles. The maximum Gasteiger partial charge on any atom is 0.239 e. The Bertz CT molecular complexity index is 259. The molecule has 2 heterocycles. The van der Waals surface area contributed by atoms with Gasteiger partial charge in [0.2, 0.25) is 5.91 Å². The summed E-state index contributed by atoms with van der Waals surface area (Å²) in [5.41, 5.74) is 0. The molecule has 1 amide bonds. The van der Waals surface area contributed by atoms with Crippen molar-refractivity contribution in [1.29, 1.82) is 0 Å². The predicted octanol–water partition coefficient (Wildman–Crippen LogP) is 0.857. The standard InChI is InChI=1S/C11H20N2OS/c1-8-3-4-13(6-8)11(14)10-5-9(15)7-12(10)2/h8-10,15H,3-7H2,1-2H3/t8-,9+,10+/m1/s1. The highest BCUT2D eigenvalue weighted by molar-refractivity contribution is 7.81. The highest BCUT2D eigenvalue weighted by atomic mass is 32.1. The number of likely N-dealkylation sites (tertiary alicyclic amines) is 2. The molecule has 0 aromatic heterocycles. The molecule has 0 aliphatic carbocycles. The normalized spacial score (nSPS) is 37.5. The summed E-state index contributed by atoms with van der Waals surface area (Å²) in [6.07, 6.45) is 2.07. The number of amides is 1. The maximum atomic E-state index is 12.2. The molecule has 0 radical (unpaired) electrons. The Morgan fingerprint density at radius 3 is 2.60 bits per heavy atom. The SMILES string of the molecule is C[C@@H]1CCN(C(=O)[C@@H]2C[C@H](S)CN2C)C1. The van der Waals surface area contributed by atoms with E-state index in [9.17, 15) is 4.79 Å². The first-order valence-corrected chi connectivity index (χ1v) is 6.26. The molecule has 2 aliphatic rings. The predicted molar refractivity (Wildman–Crippen MR) is 64.2 cm³/mol. The van der Waals surface area contributed by atoms with Crippen LogP contribution in [0.1, 0.15) is 19.8 Å². The van der Waals surface area contributed by atoms with Crippen LogP contribution in [0.5, 0.6) is 0 Å². The van der Waals surface area contributed by atoms with Gasteiger partial charge >= 0.3 is 0 Å². The maximum absolute atomic E-state index is 12.2. The van der Waals surface area contributed by atoms with Crippen molar-refractivity contribution in [1.82, 2.24) is 9.80 Å². The van der Waals surface area contributed by atoms with Crippen LogP contribution in [-0.2, 0) is 4.79 Å². The van der Waals surface area contributed by atoms with Gasteiger partial charge in [-0.15, -0.1) is 0 Å². The second kappa shape index (κ2) is 4.34. The molecule has 0 unspecified atom stereocenters. The third-order valence-corrected chi connectivity index (χ3v) is 3.92. The van der Waals surface area contributed by atoms with Gasteiger partial charge in [-0.2, -0.15) is 12.6 Å². The summed E-state index contributed by atoms with van der Waals surface area (Å²) in [6, 6.07) is 0.0813. The molecular weight excluding hydrogens is 208 g/mol. The summed E-state index contributed by atoms with van der Waals surface area (Å²) in [5, 5.41) is 0.365. The van der Waals surface area contributed by atoms with Crippen LogP contribution in [0.15, 0.2) is 0 Å². The minimum Gasteiger partial charge on any atom is -0.341 e. The zero-order valence-electron chi connectivity index (χ0n) is 9.52. The first-order valence-electron chi connectivity index (χ1n) is 5.75. The third kappa shape index (κ3) is 2.31. The van der Waals surface area contributed by atoms with Gasteiger partial charge < -0.3 is 4.90 Å². The summed E-state index contributed by atoms with van der Waals surface area (Å²) in [5.74, 6) is 0.992. The smallest absolute Gasteiger partial charge is 0.239 e. The molecule has 15 heavy (non-hydrogen) atoms. The van der Waals surface area contributed by atoms with Crippen LogP contribution in [-0.4, -0.2) is 53.7 Å². The molecule has 2 aliphatic heterocycles. The second-order valence-corrected chi connectivity index (χ2v) is 5.75. The molecule has 0 bridgehead atoms. The Kier molecular flexibility index (Phi) is 3.26. The Hall–Kier alpha value is -0.220. The quantitative estimate of drug-likeness (QED) is 0.673. The van der Waals surface area contributed by atoms with Crippen molar-refractivity contribution >= 4 is 18.5 Å². The van der Waals surface area contributed by atoms with Crippen molar-refractivity contribution in [2.75, 3.05) is 26.7 Å². The van der Waals surface area contributed by atoms with E-state index < -0.39 is 0 Å². The van der Waals surface area contributed by atoms with E-state index in [0.717, 1.165) is 32.5 Å². The molecule has 4 heteroatoms. The highest BCUT2D eigenvalue weighted by Crippen LogP contribution is 2.24. The highest BCUT2D eigenvalue weighted by Gasteiger charge is 2.36. The number of carbonyl (C=O) groups is 1. The van der Waals surface area contributed by atoms with Crippen LogP contribution in [0.4, 0.5) is 0 Å². The minimum atomic E-state index is 0.0813. The molecule has 0 N–H and O–H groups in total. The summed E-state index contributed by atoms with van der Waals surface area (Å²) in [4.78, 5) is 16.4. The van der Waals surface area contributed by atoms with Gasteiger partial charge in [-0.05, 0) is 25.8 Å². The fourth-order valence-corrected chi connectivity index (χ4v) is 3.06. The van der Waals surface area contributed by atoms with Crippen molar-refractivity contribution in [3.8, 4) is 0 Å². The van der Waals surface area contributed by atoms with Crippen molar-refractivity contribution < 1.29 is 4.79 Å². The summed E-state index contributed by atoms with van der Waals surface area (Å²) < 4.78 is 0. The summed E-state index contributed by atoms with van der Waals surface area (Å²) in [6.45, 7) is 5.04. The van der Waals surface area contributed by atoms with Crippen LogP contribution in [0.25, 0.3) is 0 Å². The fraction of sp³-hybridized carbons (Fsp3) is 0.909. The van der Waals surface area contributed by atoms with E-state index in [1.165, 1.54) is 0 Å². The first kappa shape index (κ1) is 11.3. The van der Waals surface area contributed by atoms with Gasteiger partial charge in [0.1, 0.15) is 0 Å². The number of likely N-dealkylation sites (N-methyl/N-ethyl adjacent to an activating group) is 1. The Morgan fingerprint density at radius 1 is 1.40 bits per heavy atom. The fourth-order valence-electron chi connectivity index (χ4n) is 2.61. The Labute approximate surface area is 97.2 Å². The molecule has 3 atom stereocenters. The van der Waals surface area contributed by atoms with Gasteiger partial charge in [-0.1, -0.05) is 6.92 Å². The molecule has 3 nitrogen and oxygen atoms in total. The first-order chi connectivity index (χ1) is 7.08. The van der Waals surface area contributed by atoms with Gasteiger partial charge in [0.05, 0.1) is 6.04 Å². The zero-order valence-corrected chi connectivity index (χ0v) is 10.4. The van der Waals surface area contributed by atoms with E-state index in [1.54, 1.807) is 0 Å². The lowest BCUT2D eigenvalue weighted by Crippen LogP contribution is -2.43. The van der Waals surface area contributed by atoms with Crippen LogP contribution >= 0.6 is 12.6 Å². The van der Waals surface area contributed by atoms with Crippen molar-refractivity contribution in [2.24, 2.45) is 5.92 Å². The number of nitrogens with zero attached hydrogens (tertiary/aromatic N) is 2. The number of rotatable bonds is 1. The molecule has 0 saturated carbocycles. The van der Waals surface area contributed by atoms with Crippen molar-refractivity contribution in [2.45, 2.75) is 31.1 Å². The van der Waals surface area contributed by atoms with E-state index in [2.05, 4.69) is 24.5 Å². The van der Waals surface area contributed by atoms with Crippen LogP contribution in [0.3, 0.4) is 0 Å². The lowest BCUT2D eigenvalue weighted by atomic mass is 10.2. The van der Waals surface area contributed by atoms with E-state index in [4.69, 9.17) is 0 Å². The van der Waals surface area contributed by atoms with Crippen LogP contribution < -0.4 is 0 Å². The van der Waals surface area contributed by atoms with Crippen molar-refractivity contribution in [3.63, 3.8) is 0 Å². The van der Waals surface area contributed by atoms with E-state index in [-0.39, 0.29) is 6.04 Å². The number of hydrogen-bond acceptors (Lipinski definition) is 3. The number of hydrogen-bond donors (Lipinski definition) is 1. The lowest BCUT2D eigenvalue weighted by Gasteiger charge is -2.24. The van der Waals surface area contributed by atoms with E-state index in [1.807, 2.05) is 11.9 Å². The molecule has 2 fully saturated rings. The number of carbonyl (C=O) groups excluding carboxylic acids is 1. The third-order valence-electron chi connectivity index (χ3n) is 3.55. The minimum absolute atomic E-state index is 0.0813. The molecule has 2 rings (SSSR count). The molecule has 0 spiro atoms. The molecular formula is C11H20N2OS. The van der Waals surface area contributed by atoms with E-state index in [0.29, 0.717) is 17.1 Å². The van der Waals surface area contributed by atoms with Gasteiger partial charge in [0.15, 0.2) is 0 Å². The van der Waals surface area contributed by atoms with Gasteiger partial charge in [0, 0.05) is 24.9 Å². The lowest BCUT2D eigenvalue weighted by molar-refractivity contribution is -0.134. The second-order valence-electron chi connectivity index (χ2n) is 5.02. The average molecular weight is 228 g/mol. The summed E-state index contributed by atoms with van der Waals surface area (Å²) >= 11 is 4.45. The van der Waals surface area contributed by atoms with Gasteiger partial charge in [-0.3, -0.25) is 9.69 Å². The molecule has 0 aromatic rings. The largest absolute Gasteiger partial charge is 0.341 e. The van der Waals surface area contributed by atoms with Gasteiger partial charge in [0.25, 0.3) is 0 Å². The monoisotopic (exact) mass is 228 g/mol. The van der Waals surface area contributed by atoms with E-state index >= 15 is 0 Å². The Morgan fingerprint density at radius 2 is 2.13 bits per heavy atom. The zero-order chi connectivity index (χ0) is 11.0. The van der Waals surface area contributed by atoms with Crippen LogP contribution in [0, 0.1) is 5.92 Å². The molecule has 2 saturated heterocycles. The molecule has 86 valence electrons. The number of thiol groups is 1. The Balaban J connectivity index is 1.96. The van der Waals surface area contributed by atoms with Gasteiger partial charge in [-0.25, -0.2) is 0 Å². The topological polar surface area (TPSA) is 23.6 Å². The average Bonchev–Trinajstić information content (AvgIpc) is 2.71. The van der Waals surface area contributed by atoms with Crippen LogP contribution in [0.2, 0.25) is 0 Å². The van der Waals surface area contributed by atoms with Crippen molar-refractivity contribution in [3.05, 3.63) is 0 Å². The summed E-state index contributed by atoms with van der Waals surface area (Å²) in [7, 11) is 2.03.